The van der Waals surface area contributed by atoms with Gasteiger partial charge in [0.15, 0.2) is 0 Å². The van der Waals surface area contributed by atoms with Crippen LogP contribution in [0.1, 0.15) is 0 Å². The van der Waals surface area contributed by atoms with Crippen LogP contribution in [-0.2, 0) is 0 Å². The van der Waals surface area contributed by atoms with Crippen molar-refractivity contribution in [1.29, 1.82) is 0 Å². The highest BCUT2D eigenvalue weighted by Crippen LogP contribution is 2.49. The number of benzene rings is 10. The summed E-state index contributed by atoms with van der Waals surface area (Å²) in [4.78, 5) is 14.5. The van der Waals surface area contributed by atoms with E-state index in [1.54, 1.807) is 0 Å². The molecular formula is C75H44N4O2S. The normalized spacial score (nSPS) is 11.9. The molecule has 0 aliphatic heterocycles. The molecular weight excluding hydrogens is 1020 g/mol. The molecule has 17 aromatic rings. The van der Waals surface area contributed by atoms with Gasteiger partial charge in [-0.3, -0.25) is 14.5 Å². The number of aromatic nitrogens is 4. The van der Waals surface area contributed by atoms with Gasteiger partial charge in [-0.25, -0.2) is 4.98 Å². The highest BCUT2D eigenvalue weighted by Gasteiger charge is 2.22. The number of rotatable bonds is 8. The zero-order valence-corrected chi connectivity index (χ0v) is 44.7. The van der Waals surface area contributed by atoms with Gasteiger partial charge in [0.1, 0.15) is 28.0 Å². The number of pyridine rings is 3. The zero-order chi connectivity index (χ0) is 53.8. The van der Waals surface area contributed by atoms with Crippen molar-refractivity contribution in [2.24, 2.45) is 0 Å². The fourth-order valence-electron chi connectivity index (χ4n) is 12.6. The lowest BCUT2D eigenvalue weighted by molar-refractivity contribution is 0.669. The summed E-state index contributed by atoms with van der Waals surface area (Å²) >= 11 is 1.85. The number of nitrogens with zero attached hydrogens (tertiary/aromatic N) is 4. The minimum Gasteiger partial charge on any atom is -0.456 e. The maximum Gasteiger partial charge on any atom is 0.145 e. The Morgan fingerprint density at radius 1 is 0.293 bits per heavy atom. The zero-order valence-electron chi connectivity index (χ0n) is 43.9. The fraction of sp³-hybridized carbons (Fsp3) is 0. The molecule has 0 aliphatic carbocycles. The molecule has 82 heavy (non-hydrogen) atoms. The molecule has 10 aromatic carbocycles. The second-order valence-electron chi connectivity index (χ2n) is 21.0. The van der Waals surface area contributed by atoms with E-state index in [0.717, 1.165) is 150 Å². The van der Waals surface area contributed by atoms with Gasteiger partial charge < -0.3 is 8.83 Å². The van der Waals surface area contributed by atoms with E-state index in [1.165, 1.54) is 20.2 Å². The molecule has 0 aliphatic rings. The van der Waals surface area contributed by atoms with Crippen molar-refractivity contribution in [3.63, 3.8) is 0 Å². The maximum atomic E-state index is 6.67. The first-order valence-corrected chi connectivity index (χ1v) is 28.4. The van der Waals surface area contributed by atoms with Gasteiger partial charge >= 0.3 is 0 Å². The molecule has 17 rings (SSSR count). The quantitative estimate of drug-likeness (QED) is 0.152. The smallest absolute Gasteiger partial charge is 0.145 e. The Bertz CT molecular complexity index is 5420. The second-order valence-corrected chi connectivity index (χ2v) is 22.0. The number of fused-ring (bicyclic) bond motifs is 12. The summed E-state index contributed by atoms with van der Waals surface area (Å²) in [6.07, 6.45) is 5.61. The van der Waals surface area contributed by atoms with Crippen molar-refractivity contribution in [3.8, 4) is 83.8 Å². The Morgan fingerprint density at radius 2 is 0.841 bits per heavy atom. The molecule has 0 atom stereocenters. The first-order valence-electron chi connectivity index (χ1n) is 27.5. The van der Waals surface area contributed by atoms with Gasteiger partial charge in [0.25, 0.3) is 0 Å². The SMILES string of the molecule is c1ccc(-c2ccccc2-c2cc(-c3ccc4oc5ccc(-c6cccc(-n7c8ccc(-c9ccccc9-c9ccccn9)cc8c8cccnc87)c6)cc5c4c3)c3sc4c(-c5cccc6c5oc5ccccc56)cccc4c3c2)nc1. The summed E-state index contributed by atoms with van der Waals surface area (Å²) in [6.45, 7) is 0. The molecule has 0 fully saturated rings. The predicted molar refractivity (Wildman–Crippen MR) is 340 cm³/mol. The van der Waals surface area contributed by atoms with E-state index < -0.39 is 0 Å². The molecule has 0 saturated heterocycles. The largest absolute Gasteiger partial charge is 0.456 e. The summed E-state index contributed by atoms with van der Waals surface area (Å²) in [5, 5.41) is 8.99. The molecule has 0 bridgehead atoms. The van der Waals surface area contributed by atoms with Crippen molar-refractivity contribution >= 4 is 97.3 Å². The minimum absolute atomic E-state index is 0.841. The number of para-hydroxylation sites is 2. The predicted octanol–water partition coefficient (Wildman–Crippen LogP) is 20.8. The lowest BCUT2D eigenvalue weighted by atomic mass is 9.91. The summed E-state index contributed by atoms with van der Waals surface area (Å²) in [6, 6.07) is 88.7. The molecule has 7 heteroatoms. The van der Waals surface area contributed by atoms with Crippen molar-refractivity contribution in [2.75, 3.05) is 0 Å². The Hall–Kier alpha value is -10.7. The van der Waals surface area contributed by atoms with E-state index in [9.17, 15) is 0 Å². The van der Waals surface area contributed by atoms with Crippen LogP contribution in [0.2, 0.25) is 0 Å². The van der Waals surface area contributed by atoms with Gasteiger partial charge in [-0.1, -0.05) is 146 Å². The highest BCUT2D eigenvalue weighted by atomic mass is 32.1. The molecule has 0 radical (unpaired) electrons. The van der Waals surface area contributed by atoms with Crippen LogP contribution in [0.25, 0.3) is 170 Å². The van der Waals surface area contributed by atoms with Crippen molar-refractivity contribution < 1.29 is 8.83 Å². The summed E-state index contributed by atoms with van der Waals surface area (Å²) in [7, 11) is 0. The van der Waals surface area contributed by atoms with Crippen LogP contribution in [0, 0.1) is 0 Å². The van der Waals surface area contributed by atoms with Gasteiger partial charge in [-0.05, 0) is 142 Å². The Labute approximate surface area is 474 Å². The standard InChI is InChI=1S/C75H44N4O2S/c1-3-19-53(66-27-7-9-36-76-66)51(17-1)47-30-33-68-62(41-47)60-26-14-38-78-75(60)79(68)50-16-11-15-45(39-50)46-31-34-70-63(40-46)64-42-48(32-35-71(64)80-70)61-43-49(52-18-2-4-20-54(52)67-28-8-10-37-77-67)44-65-59-25-13-24-58(73(59)82-74(61)65)57-23-12-22-56-55-21-5-6-29-69(55)81-72(56)57/h1-44H. The van der Waals surface area contributed by atoms with E-state index in [0.29, 0.717) is 0 Å². The van der Waals surface area contributed by atoms with Crippen LogP contribution < -0.4 is 0 Å². The van der Waals surface area contributed by atoms with Crippen molar-refractivity contribution in [3.05, 3.63) is 267 Å². The first kappa shape index (κ1) is 46.2. The molecule has 382 valence electrons. The third-order valence-electron chi connectivity index (χ3n) is 16.4. The molecule has 6 nitrogen and oxygen atoms in total. The Morgan fingerprint density at radius 3 is 1.62 bits per heavy atom. The lowest BCUT2D eigenvalue weighted by Crippen LogP contribution is -1.95. The lowest BCUT2D eigenvalue weighted by Gasteiger charge is -2.13. The molecule has 7 aromatic heterocycles. The maximum absolute atomic E-state index is 6.67. The third-order valence-corrected chi connectivity index (χ3v) is 17.7. The number of hydrogen-bond acceptors (Lipinski definition) is 6. The van der Waals surface area contributed by atoms with E-state index in [-0.39, 0.29) is 0 Å². The van der Waals surface area contributed by atoms with Crippen molar-refractivity contribution in [1.82, 2.24) is 19.5 Å². The molecule has 0 saturated carbocycles. The van der Waals surface area contributed by atoms with E-state index in [2.05, 4.69) is 223 Å². The number of hydrogen-bond donors (Lipinski definition) is 0. The third kappa shape index (κ3) is 7.30. The topological polar surface area (TPSA) is 69.9 Å². The van der Waals surface area contributed by atoms with Crippen molar-refractivity contribution in [2.45, 2.75) is 0 Å². The van der Waals surface area contributed by atoms with Gasteiger partial charge in [-0.2, -0.15) is 0 Å². The molecule has 0 amide bonds. The second kappa shape index (κ2) is 18.4. The van der Waals surface area contributed by atoms with Crippen LogP contribution in [0.15, 0.2) is 276 Å². The summed E-state index contributed by atoms with van der Waals surface area (Å²) < 4.78 is 18.1. The fourth-order valence-corrected chi connectivity index (χ4v) is 14.0. The van der Waals surface area contributed by atoms with Crippen LogP contribution in [0.3, 0.4) is 0 Å². The Kier molecular flexibility index (Phi) is 10.4. The molecule has 0 spiro atoms. The van der Waals surface area contributed by atoms with Crippen LogP contribution in [-0.4, -0.2) is 19.5 Å². The average molecular weight is 1070 g/mol. The van der Waals surface area contributed by atoms with Crippen LogP contribution >= 0.6 is 11.3 Å². The summed E-state index contributed by atoms with van der Waals surface area (Å²) in [5.74, 6) is 0. The van der Waals surface area contributed by atoms with Gasteiger partial charge in [-0.15, -0.1) is 11.3 Å². The van der Waals surface area contributed by atoms with E-state index in [1.807, 2.05) is 60.3 Å². The van der Waals surface area contributed by atoms with E-state index >= 15 is 0 Å². The Balaban J connectivity index is 0.811. The molecule has 0 N–H and O–H groups in total. The summed E-state index contributed by atoms with van der Waals surface area (Å²) in [5.41, 5.74) is 21.8. The minimum atomic E-state index is 0.841. The van der Waals surface area contributed by atoms with E-state index in [4.69, 9.17) is 23.8 Å². The van der Waals surface area contributed by atoms with Gasteiger partial charge in [0, 0.05) is 105 Å². The van der Waals surface area contributed by atoms with Crippen LogP contribution in [0.5, 0.6) is 0 Å². The first-order chi connectivity index (χ1) is 40.6. The van der Waals surface area contributed by atoms with Gasteiger partial charge in [0.05, 0.1) is 16.9 Å². The average Bonchev–Trinajstić information content (AvgIpc) is 3.78. The monoisotopic (exact) mass is 1060 g/mol. The highest BCUT2D eigenvalue weighted by molar-refractivity contribution is 7.27. The molecule has 7 heterocycles. The van der Waals surface area contributed by atoms with Gasteiger partial charge in [0.2, 0.25) is 0 Å². The molecule has 0 unspecified atom stereocenters. The number of furan rings is 2. The van der Waals surface area contributed by atoms with Crippen LogP contribution in [0.4, 0.5) is 0 Å². The number of thiophene rings is 1.